The first-order chi connectivity index (χ1) is 3.63. The van der Waals surface area contributed by atoms with E-state index in [9.17, 15) is 14.9 Å². The minimum absolute atomic E-state index is 0.625. The van der Waals surface area contributed by atoms with Crippen LogP contribution in [-0.4, -0.2) is 10.7 Å². The third-order valence-electron chi connectivity index (χ3n) is 0.264. The Hall–Kier alpha value is -0.700. The van der Waals surface area contributed by atoms with Gasteiger partial charge in [-0.15, -0.1) is 0 Å². The molecule has 0 aromatic carbocycles. The average Bonchev–Trinajstić information content (AvgIpc) is 1.61. The molecule has 0 aliphatic rings. The maximum absolute atomic E-state index is 9.83. The Morgan fingerprint density at radius 3 is 2.50 bits per heavy atom. The monoisotopic (exact) mass is 137 g/mol. The summed E-state index contributed by atoms with van der Waals surface area (Å²) in [5.41, 5.74) is 0. The average molecular weight is 137 g/mol. The predicted molar refractivity (Wildman–Crippen MR) is 27.1 cm³/mol. The zero-order chi connectivity index (χ0) is 6.57. The van der Waals surface area contributed by atoms with Gasteiger partial charge >= 0.3 is 14.9 Å². The number of nitro groups is 1. The van der Waals surface area contributed by atoms with E-state index in [4.69, 9.17) is 0 Å². The number of carbonyl (C=O) groups excluding carboxylic acids is 1. The van der Waals surface area contributed by atoms with Crippen molar-refractivity contribution in [1.29, 1.82) is 0 Å². The van der Waals surface area contributed by atoms with Gasteiger partial charge in [0.15, 0.2) is 0 Å². The van der Waals surface area contributed by atoms with Crippen LogP contribution in [-0.2, 0) is 9.32 Å². The van der Waals surface area contributed by atoms with Crippen molar-refractivity contribution in [3.63, 3.8) is 0 Å². The summed E-state index contributed by atoms with van der Waals surface area (Å²) in [7, 11) is -0.958. The molecular weight excluding hydrogens is 133 g/mol. The zero-order valence-electron chi connectivity index (χ0n) is 4.08. The van der Waals surface area contributed by atoms with Crippen LogP contribution in [0.15, 0.2) is 0 Å². The van der Waals surface area contributed by atoms with Crippen LogP contribution in [0.5, 0.6) is 0 Å². The van der Waals surface area contributed by atoms with Crippen molar-refractivity contribution < 1.29 is 14.0 Å². The molecule has 0 radical (unpaired) electrons. The smallest absolute Gasteiger partial charge is 0.384 e. The van der Waals surface area contributed by atoms with Gasteiger partial charge in [-0.2, -0.15) is 0 Å². The molecule has 6 heteroatoms. The van der Waals surface area contributed by atoms with E-state index in [0.29, 0.717) is 0 Å². The molecule has 0 N–H and O–H groups in total. The summed E-state index contributed by atoms with van der Waals surface area (Å²) >= 11 is 0. The third-order valence-corrected chi connectivity index (χ3v) is 0.792. The molecule has 0 saturated carbocycles. The molecule has 0 rings (SSSR count). The van der Waals surface area contributed by atoms with Crippen LogP contribution in [0.4, 0.5) is 0 Å². The van der Waals surface area contributed by atoms with E-state index in [2.05, 4.69) is 4.52 Å². The second-order valence-corrected chi connectivity index (χ2v) is 1.69. The maximum Gasteiger partial charge on any atom is 0.442 e. The van der Waals surface area contributed by atoms with Crippen molar-refractivity contribution in [2.45, 2.75) is 6.92 Å². The van der Waals surface area contributed by atoms with Crippen LogP contribution >= 0.6 is 8.96 Å². The van der Waals surface area contributed by atoms with Crippen LogP contribution in [0.3, 0.4) is 0 Å². The SMILES string of the molecule is CC(=O)OP[N+](=O)[O-]. The van der Waals surface area contributed by atoms with Gasteiger partial charge in [0.25, 0.3) is 0 Å². The Balaban J connectivity index is 3.18. The fourth-order valence-corrected chi connectivity index (χ4v) is 0.305. The molecule has 0 amide bonds. The lowest BCUT2D eigenvalue weighted by Crippen LogP contribution is -1.90. The molecule has 0 spiro atoms. The molecule has 1 unspecified atom stereocenters. The molecule has 46 valence electrons. The highest BCUT2D eigenvalue weighted by Gasteiger charge is 2.00. The van der Waals surface area contributed by atoms with Crippen LogP contribution in [0.25, 0.3) is 0 Å². The zero-order valence-corrected chi connectivity index (χ0v) is 5.08. The van der Waals surface area contributed by atoms with Gasteiger partial charge in [-0.3, -0.25) is 14.9 Å². The Bertz CT molecular complexity index is 98.6. The standard InChI is InChI=1S/C2H4NO4P/c1-2(4)7-8-3(5)6/h8H,1H3. The van der Waals surface area contributed by atoms with Crippen molar-refractivity contribution in [1.82, 2.24) is 0 Å². The number of nitrogens with zero attached hydrogens (tertiary/aromatic N) is 1. The second-order valence-electron chi connectivity index (χ2n) is 0.942. The normalized spacial score (nSPS) is 9.62. The molecule has 0 bridgehead atoms. The fraction of sp³-hybridized carbons (Fsp3) is 0.500. The van der Waals surface area contributed by atoms with Crippen LogP contribution in [0, 0.1) is 10.1 Å². The van der Waals surface area contributed by atoms with Gasteiger partial charge in [0.2, 0.25) is 0 Å². The van der Waals surface area contributed by atoms with E-state index in [1.165, 1.54) is 0 Å². The lowest BCUT2D eigenvalue weighted by molar-refractivity contribution is -0.306. The lowest BCUT2D eigenvalue weighted by Gasteiger charge is -1.87. The van der Waals surface area contributed by atoms with Gasteiger partial charge in [0, 0.05) is 6.92 Å². The summed E-state index contributed by atoms with van der Waals surface area (Å²) in [5, 5.41) is 9.44. The molecule has 5 nitrogen and oxygen atoms in total. The maximum atomic E-state index is 9.83. The Labute approximate surface area is 47.1 Å². The Morgan fingerprint density at radius 1 is 1.88 bits per heavy atom. The quantitative estimate of drug-likeness (QED) is 0.312. The topological polar surface area (TPSA) is 69.4 Å². The molecule has 0 fully saturated rings. The predicted octanol–water partition coefficient (Wildman–Crippen LogP) is 0.335. The molecule has 0 saturated heterocycles. The van der Waals surface area contributed by atoms with Crippen molar-refractivity contribution in [3.8, 4) is 0 Å². The van der Waals surface area contributed by atoms with Gasteiger partial charge in [-0.1, -0.05) is 0 Å². The molecule has 0 aromatic heterocycles. The molecule has 1 atom stereocenters. The summed E-state index contributed by atoms with van der Waals surface area (Å²) in [6.45, 7) is 1.12. The first kappa shape index (κ1) is 7.30. The second kappa shape index (κ2) is 3.32. The highest BCUT2D eigenvalue weighted by Crippen LogP contribution is 2.10. The number of hydrogen-bond acceptors (Lipinski definition) is 4. The van der Waals surface area contributed by atoms with Crippen molar-refractivity contribution in [2.75, 3.05) is 0 Å². The van der Waals surface area contributed by atoms with Gasteiger partial charge in [-0.25, -0.2) is 0 Å². The van der Waals surface area contributed by atoms with E-state index in [-0.39, 0.29) is 0 Å². The van der Waals surface area contributed by atoms with E-state index in [1.54, 1.807) is 0 Å². The molecule has 0 aliphatic carbocycles. The molecule has 0 heterocycles. The Morgan fingerprint density at radius 2 is 2.38 bits per heavy atom. The molecule has 0 aliphatic heterocycles. The largest absolute Gasteiger partial charge is 0.442 e. The van der Waals surface area contributed by atoms with Gasteiger partial charge in [0.05, 0.1) is 4.69 Å². The van der Waals surface area contributed by atoms with Crippen molar-refractivity contribution >= 4 is 14.9 Å². The van der Waals surface area contributed by atoms with E-state index in [1.807, 2.05) is 0 Å². The van der Waals surface area contributed by atoms with E-state index < -0.39 is 19.6 Å². The number of rotatable bonds is 2. The molecule has 8 heavy (non-hydrogen) atoms. The van der Waals surface area contributed by atoms with Crippen LogP contribution in [0.2, 0.25) is 0 Å². The summed E-state index contributed by atoms with van der Waals surface area (Å²) < 4.78 is 3.30. The first-order valence-electron chi connectivity index (χ1n) is 1.70. The van der Waals surface area contributed by atoms with Crippen LogP contribution in [0.1, 0.15) is 6.92 Å². The Kier molecular flexibility index (Phi) is 3.03. The minimum Gasteiger partial charge on any atom is -0.384 e. The summed E-state index contributed by atoms with van der Waals surface area (Å²) in [5.74, 6) is -0.625. The fourth-order valence-electron chi connectivity index (χ4n) is 0.102. The highest BCUT2D eigenvalue weighted by molar-refractivity contribution is 7.25. The summed E-state index contributed by atoms with van der Waals surface area (Å²) in [6, 6.07) is 0. The van der Waals surface area contributed by atoms with Gasteiger partial charge < -0.3 is 4.52 Å². The highest BCUT2D eigenvalue weighted by atomic mass is 31.1. The summed E-state index contributed by atoms with van der Waals surface area (Å²) in [6.07, 6.45) is 0. The number of hydrogen-bond donors (Lipinski definition) is 0. The number of carbonyl (C=O) groups is 1. The van der Waals surface area contributed by atoms with Gasteiger partial charge in [0.1, 0.15) is 0 Å². The third kappa shape index (κ3) is 5.30. The van der Waals surface area contributed by atoms with Crippen molar-refractivity contribution in [3.05, 3.63) is 10.1 Å². The van der Waals surface area contributed by atoms with Crippen molar-refractivity contribution in [2.24, 2.45) is 0 Å². The van der Waals surface area contributed by atoms with Gasteiger partial charge in [-0.05, 0) is 0 Å². The van der Waals surface area contributed by atoms with E-state index >= 15 is 0 Å². The molecular formula is C2H4NO4P. The molecule has 0 aromatic rings. The first-order valence-corrected chi connectivity index (χ1v) is 2.56. The van der Waals surface area contributed by atoms with E-state index in [0.717, 1.165) is 6.92 Å². The minimum atomic E-state index is -0.958. The van der Waals surface area contributed by atoms with Crippen LogP contribution < -0.4 is 0 Å². The lowest BCUT2D eigenvalue weighted by atomic mass is 10.9. The summed E-state index contributed by atoms with van der Waals surface area (Å²) in [4.78, 5) is 19.3.